The molecule has 0 aliphatic heterocycles. The Kier molecular flexibility index (Phi) is 53.2. The third kappa shape index (κ3) is 55.2. The normalized spacial score (nSPS) is 13.7. The smallest absolute Gasteiger partial charge is 0.306 e. The molecule has 0 saturated carbocycles. The van der Waals surface area contributed by atoms with E-state index in [1.54, 1.807) is 0 Å². The summed E-state index contributed by atoms with van der Waals surface area (Å²) in [6.07, 6.45) is 88.7. The van der Waals surface area contributed by atoms with Gasteiger partial charge in [-0.05, 0) is 135 Å². The molecule has 0 fully saturated rings. The Morgan fingerprint density at radius 3 is 0.806 bits per heavy atom. The van der Waals surface area contributed by atoms with E-state index in [-0.39, 0.29) is 32.5 Å². The van der Waals surface area contributed by atoms with Crippen LogP contribution in [-0.2, 0) is 28.6 Å². The second-order valence-electron chi connectivity index (χ2n) is 17.0. The average Bonchev–Trinajstić information content (AvgIpc) is 3.38. The zero-order chi connectivity index (χ0) is 52.2. The first kappa shape index (κ1) is 66.2. The van der Waals surface area contributed by atoms with Crippen LogP contribution in [-0.4, -0.2) is 37.2 Å². The van der Waals surface area contributed by atoms with Crippen molar-refractivity contribution in [1.29, 1.82) is 0 Å². The van der Waals surface area contributed by atoms with Crippen LogP contribution >= 0.6 is 0 Å². The number of ether oxygens (including phenoxy) is 3. The van der Waals surface area contributed by atoms with E-state index in [4.69, 9.17) is 14.2 Å². The summed E-state index contributed by atoms with van der Waals surface area (Å²) in [7, 11) is 0. The summed E-state index contributed by atoms with van der Waals surface area (Å²) in [5, 5.41) is 0. The highest BCUT2D eigenvalue weighted by molar-refractivity contribution is 5.71. The monoisotopic (exact) mass is 985 g/mol. The summed E-state index contributed by atoms with van der Waals surface area (Å²) in [6.45, 7) is 6.10. The summed E-state index contributed by atoms with van der Waals surface area (Å²) < 4.78 is 16.7. The SMILES string of the molecule is CC/C=C\C/C=C\C/C=C\C/C=C\C/C=C\C/C=C\CCC(=O)OCC(COC(=O)CC/C=C\C/C=C\C/C=C\C/C=C\C/C=C\CC)OC(=O)CCCCC/C=C\C/C=C\C/C=C\C/C=C\C/C=C\CC. The molecule has 6 nitrogen and oxygen atoms in total. The lowest BCUT2D eigenvalue weighted by atomic mass is 10.1. The van der Waals surface area contributed by atoms with Gasteiger partial charge in [-0.1, -0.05) is 222 Å². The van der Waals surface area contributed by atoms with Crippen LogP contribution in [0.5, 0.6) is 0 Å². The van der Waals surface area contributed by atoms with E-state index in [0.717, 1.165) is 122 Å². The zero-order valence-electron chi connectivity index (χ0n) is 45.1. The molecule has 0 spiro atoms. The van der Waals surface area contributed by atoms with Gasteiger partial charge in [-0.3, -0.25) is 14.4 Å². The van der Waals surface area contributed by atoms with Gasteiger partial charge in [0.15, 0.2) is 6.10 Å². The predicted octanol–water partition coefficient (Wildman–Crippen LogP) is 18.7. The lowest BCUT2D eigenvalue weighted by Crippen LogP contribution is -2.30. The summed E-state index contributed by atoms with van der Waals surface area (Å²) in [5.74, 6) is -1.18. The predicted molar refractivity (Wildman–Crippen MR) is 310 cm³/mol. The van der Waals surface area contributed by atoms with Crippen molar-refractivity contribution >= 4 is 17.9 Å². The Labute approximate surface area is 439 Å². The Balaban J connectivity index is 4.72. The summed E-state index contributed by atoms with van der Waals surface area (Å²) in [5.41, 5.74) is 0. The van der Waals surface area contributed by atoms with Crippen molar-refractivity contribution in [2.45, 2.75) is 187 Å². The van der Waals surface area contributed by atoms with Gasteiger partial charge in [0.1, 0.15) is 13.2 Å². The molecule has 0 aromatic rings. The fraction of sp³-hybridized carbons (Fsp3) is 0.470. The van der Waals surface area contributed by atoms with Crippen LogP contribution < -0.4 is 0 Å². The van der Waals surface area contributed by atoms with Gasteiger partial charge < -0.3 is 14.2 Å². The second-order valence-corrected chi connectivity index (χ2v) is 17.0. The van der Waals surface area contributed by atoms with Crippen molar-refractivity contribution in [2.24, 2.45) is 0 Å². The molecule has 396 valence electrons. The molecule has 0 aliphatic carbocycles. The van der Waals surface area contributed by atoms with Crippen molar-refractivity contribution in [3.63, 3.8) is 0 Å². The topological polar surface area (TPSA) is 78.9 Å². The quantitative estimate of drug-likeness (QED) is 0.0262. The molecule has 1 unspecified atom stereocenters. The summed E-state index contributed by atoms with van der Waals surface area (Å²) in [4.78, 5) is 38.1. The number of hydrogen-bond acceptors (Lipinski definition) is 6. The van der Waals surface area contributed by atoms with Crippen molar-refractivity contribution in [1.82, 2.24) is 0 Å². The Morgan fingerprint density at radius 2 is 0.528 bits per heavy atom. The van der Waals surface area contributed by atoms with Gasteiger partial charge in [0.25, 0.3) is 0 Å². The van der Waals surface area contributed by atoms with Gasteiger partial charge in [0.05, 0.1) is 0 Å². The molecule has 0 N–H and O–H groups in total. The van der Waals surface area contributed by atoms with Gasteiger partial charge in [0.2, 0.25) is 0 Å². The molecule has 1 atom stereocenters. The molecule has 72 heavy (non-hydrogen) atoms. The second kappa shape index (κ2) is 57.8. The summed E-state index contributed by atoms with van der Waals surface area (Å²) in [6, 6.07) is 0. The molecule has 0 aromatic heterocycles. The first-order chi connectivity index (χ1) is 35.5. The molecule has 0 saturated heterocycles. The van der Waals surface area contributed by atoms with Crippen LogP contribution in [0.2, 0.25) is 0 Å². The number of rotatable bonds is 46. The van der Waals surface area contributed by atoms with Crippen LogP contribution in [0.15, 0.2) is 194 Å². The summed E-state index contributed by atoms with van der Waals surface area (Å²) >= 11 is 0. The van der Waals surface area contributed by atoms with Crippen molar-refractivity contribution in [2.75, 3.05) is 13.2 Å². The zero-order valence-corrected chi connectivity index (χ0v) is 45.1. The molecule has 0 heterocycles. The number of carbonyl (C=O) groups is 3. The van der Waals surface area contributed by atoms with Gasteiger partial charge in [-0.25, -0.2) is 0 Å². The van der Waals surface area contributed by atoms with Crippen LogP contribution in [0.1, 0.15) is 181 Å². The van der Waals surface area contributed by atoms with Crippen LogP contribution in [0.3, 0.4) is 0 Å². The van der Waals surface area contributed by atoms with Crippen LogP contribution in [0.4, 0.5) is 0 Å². The Hall–Kier alpha value is -5.75. The fourth-order valence-corrected chi connectivity index (χ4v) is 6.36. The van der Waals surface area contributed by atoms with E-state index in [0.29, 0.717) is 19.3 Å². The molecule has 0 bridgehead atoms. The number of unbranched alkanes of at least 4 members (excludes halogenated alkanes) is 3. The highest BCUT2D eigenvalue weighted by Gasteiger charge is 2.19. The number of esters is 3. The third-order valence-electron chi connectivity index (χ3n) is 10.4. The molecule has 6 heteroatoms. The van der Waals surface area contributed by atoms with E-state index < -0.39 is 24.0 Å². The average molecular weight is 985 g/mol. The van der Waals surface area contributed by atoms with E-state index in [1.165, 1.54) is 0 Å². The van der Waals surface area contributed by atoms with Gasteiger partial charge in [-0.15, -0.1) is 0 Å². The molecular formula is C66H96O6. The minimum absolute atomic E-state index is 0.166. The fourth-order valence-electron chi connectivity index (χ4n) is 6.36. The molecule has 0 amide bonds. The number of hydrogen-bond donors (Lipinski definition) is 0. The lowest BCUT2D eigenvalue weighted by molar-refractivity contribution is -0.166. The first-order valence-corrected chi connectivity index (χ1v) is 27.4. The van der Waals surface area contributed by atoms with Crippen LogP contribution in [0.25, 0.3) is 0 Å². The third-order valence-corrected chi connectivity index (χ3v) is 10.4. The van der Waals surface area contributed by atoms with Crippen molar-refractivity contribution < 1.29 is 28.6 Å². The lowest BCUT2D eigenvalue weighted by Gasteiger charge is -2.18. The maximum atomic E-state index is 12.8. The van der Waals surface area contributed by atoms with E-state index in [9.17, 15) is 14.4 Å². The van der Waals surface area contributed by atoms with E-state index in [2.05, 4.69) is 191 Å². The first-order valence-electron chi connectivity index (χ1n) is 27.4. The highest BCUT2D eigenvalue weighted by Crippen LogP contribution is 2.09. The maximum Gasteiger partial charge on any atom is 0.306 e. The van der Waals surface area contributed by atoms with Gasteiger partial charge in [-0.2, -0.15) is 0 Å². The van der Waals surface area contributed by atoms with Gasteiger partial charge in [0, 0.05) is 19.3 Å². The minimum Gasteiger partial charge on any atom is -0.462 e. The highest BCUT2D eigenvalue weighted by atomic mass is 16.6. The molecule has 0 aliphatic rings. The van der Waals surface area contributed by atoms with Crippen molar-refractivity contribution in [3.05, 3.63) is 194 Å². The Morgan fingerprint density at radius 1 is 0.278 bits per heavy atom. The largest absolute Gasteiger partial charge is 0.462 e. The molecule has 0 aromatic carbocycles. The number of carbonyl (C=O) groups excluding carboxylic acids is 3. The van der Waals surface area contributed by atoms with E-state index >= 15 is 0 Å². The molecular weight excluding hydrogens is 889 g/mol. The standard InChI is InChI=1S/C66H96O6/c1-4-7-10-13-16-19-22-25-28-31-33-35-38-41-44-47-50-53-56-59-65(68)71-62-63(61-70-64(67)58-55-52-49-46-43-40-37-30-27-24-21-18-15-12-9-6-3)72-66(69)60-57-54-51-48-45-42-39-36-34-32-29-26-23-20-17-14-11-8-5-2/h7-12,16-21,25-30,33-36,40-45,49-50,52-53,63H,4-6,13-15,22-24,31-32,37-39,46-48,51,54-62H2,1-3H3/b10-7-,11-8-,12-9-,19-16-,20-17-,21-18-,28-25-,29-26-,30-27-,35-33-,36-34-,43-40-,44-41-,45-42-,52-49-,53-50-. The molecule has 0 rings (SSSR count). The van der Waals surface area contributed by atoms with Crippen LogP contribution in [0, 0.1) is 0 Å². The van der Waals surface area contributed by atoms with Crippen molar-refractivity contribution in [3.8, 4) is 0 Å². The maximum absolute atomic E-state index is 12.8. The Bertz CT molecular complexity index is 1800. The minimum atomic E-state index is -0.869. The number of allylic oxidation sites excluding steroid dienone is 32. The van der Waals surface area contributed by atoms with Gasteiger partial charge >= 0.3 is 17.9 Å². The van der Waals surface area contributed by atoms with E-state index in [1.807, 2.05) is 24.3 Å². The molecule has 0 radical (unpaired) electrons.